The lowest BCUT2D eigenvalue weighted by molar-refractivity contribution is -0.228. The van der Waals surface area contributed by atoms with Gasteiger partial charge in [-0.3, -0.25) is 18.9 Å². The summed E-state index contributed by atoms with van der Waals surface area (Å²) >= 11 is 0. The Balaban J connectivity index is 3.86. The quantitative estimate of drug-likeness (QED) is 0.0920. The Morgan fingerprint density at radius 3 is 2.11 bits per heavy atom. The van der Waals surface area contributed by atoms with Gasteiger partial charge in [0.25, 0.3) is 7.82 Å². The van der Waals surface area contributed by atoms with Crippen molar-refractivity contribution in [2.45, 2.75) is 39.9 Å². The van der Waals surface area contributed by atoms with Gasteiger partial charge in [-0.1, -0.05) is 0 Å². The Labute approximate surface area is 203 Å². The number of ether oxygens (including phenoxy) is 5. The molecular formula is C19H34N2O13P-. The standard InChI is InChI=1S/C19H35N2O13P/c1-14(2)33-19(25)21-5-7-28-9-10-29-13-18(24)20-6-8-31-35(26,27)32-12-17(34-16(4)23)11-30-15(3)22/h14,17H,5-13H2,1-4H3,(H,20,24)(H,21,25)(H,26,27)/p-1/t17-/m1/s1. The predicted molar refractivity (Wildman–Crippen MR) is 116 cm³/mol. The molecule has 0 bridgehead atoms. The fourth-order valence-electron chi connectivity index (χ4n) is 2.04. The number of rotatable bonds is 19. The number of esters is 2. The van der Waals surface area contributed by atoms with E-state index in [9.17, 15) is 28.6 Å². The van der Waals surface area contributed by atoms with Crippen molar-refractivity contribution in [3.8, 4) is 0 Å². The first kappa shape index (κ1) is 32.7. The van der Waals surface area contributed by atoms with Gasteiger partial charge in [-0.05, 0) is 13.8 Å². The Morgan fingerprint density at radius 1 is 0.829 bits per heavy atom. The van der Waals surface area contributed by atoms with Gasteiger partial charge in [0.2, 0.25) is 5.91 Å². The molecule has 0 fully saturated rings. The van der Waals surface area contributed by atoms with Crippen molar-refractivity contribution in [3.63, 3.8) is 0 Å². The third kappa shape index (κ3) is 21.9. The summed E-state index contributed by atoms with van der Waals surface area (Å²) in [6.07, 6.45) is -1.89. The monoisotopic (exact) mass is 529 g/mol. The molecule has 0 aliphatic rings. The minimum Gasteiger partial charge on any atom is -0.756 e. The maximum absolute atomic E-state index is 11.8. The van der Waals surface area contributed by atoms with Crippen LogP contribution in [0.5, 0.6) is 0 Å². The van der Waals surface area contributed by atoms with Gasteiger partial charge in [-0.15, -0.1) is 0 Å². The van der Waals surface area contributed by atoms with Crippen molar-refractivity contribution in [2.75, 3.05) is 59.3 Å². The summed E-state index contributed by atoms with van der Waals surface area (Å²) in [6, 6.07) is 0. The molecule has 204 valence electrons. The molecule has 0 spiro atoms. The number of carbonyl (C=O) groups is 4. The largest absolute Gasteiger partial charge is 0.756 e. The van der Waals surface area contributed by atoms with Crippen molar-refractivity contribution in [1.29, 1.82) is 0 Å². The van der Waals surface area contributed by atoms with Gasteiger partial charge in [-0.25, -0.2) is 4.79 Å². The number of carbonyl (C=O) groups excluding carboxylic acids is 4. The smallest absolute Gasteiger partial charge is 0.407 e. The van der Waals surface area contributed by atoms with Crippen LogP contribution in [0.1, 0.15) is 27.7 Å². The van der Waals surface area contributed by atoms with E-state index in [4.69, 9.17) is 18.9 Å². The number of phosphoric ester groups is 1. The molecule has 0 heterocycles. The van der Waals surface area contributed by atoms with Crippen LogP contribution in [0, 0.1) is 0 Å². The molecule has 0 aliphatic carbocycles. The Morgan fingerprint density at radius 2 is 1.49 bits per heavy atom. The molecule has 1 unspecified atom stereocenters. The predicted octanol–water partition coefficient (Wildman–Crippen LogP) is -0.733. The van der Waals surface area contributed by atoms with E-state index in [-0.39, 0.29) is 52.2 Å². The van der Waals surface area contributed by atoms with Crippen LogP contribution in [-0.4, -0.2) is 95.5 Å². The zero-order valence-corrected chi connectivity index (χ0v) is 21.2. The molecule has 0 aromatic carbocycles. The van der Waals surface area contributed by atoms with E-state index in [0.717, 1.165) is 13.8 Å². The SMILES string of the molecule is CC(=O)OC[C@H](COP(=O)([O-])OCCNC(=O)COCCOCCNC(=O)OC(C)C)OC(C)=O. The van der Waals surface area contributed by atoms with Crippen LogP contribution < -0.4 is 15.5 Å². The fourth-order valence-corrected chi connectivity index (χ4v) is 2.78. The van der Waals surface area contributed by atoms with Crippen molar-refractivity contribution in [3.05, 3.63) is 0 Å². The van der Waals surface area contributed by atoms with Gasteiger partial charge >= 0.3 is 18.0 Å². The van der Waals surface area contributed by atoms with Gasteiger partial charge in [0.05, 0.1) is 39.1 Å². The van der Waals surface area contributed by atoms with Crippen LogP contribution in [0.25, 0.3) is 0 Å². The number of hydrogen-bond acceptors (Lipinski definition) is 13. The van der Waals surface area contributed by atoms with E-state index in [2.05, 4.69) is 24.4 Å². The van der Waals surface area contributed by atoms with E-state index < -0.39 is 51.1 Å². The first-order chi connectivity index (χ1) is 16.4. The minimum atomic E-state index is -4.77. The summed E-state index contributed by atoms with van der Waals surface area (Å²) in [5.74, 6) is -1.87. The van der Waals surface area contributed by atoms with E-state index in [1.807, 2.05) is 0 Å². The summed E-state index contributed by atoms with van der Waals surface area (Å²) in [5.41, 5.74) is 0. The minimum absolute atomic E-state index is 0.126. The molecule has 0 saturated heterocycles. The lowest BCUT2D eigenvalue weighted by atomic mass is 10.4. The van der Waals surface area contributed by atoms with Gasteiger partial charge in [-0.2, -0.15) is 0 Å². The van der Waals surface area contributed by atoms with Crippen LogP contribution in [0.15, 0.2) is 0 Å². The Kier molecular flexibility index (Phi) is 17.7. The summed E-state index contributed by atoms with van der Waals surface area (Å²) in [4.78, 5) is 56.5. The highest BCUT2D eigenvalue weighted by Gasteiger charge is 2.19. The summed E-state index contributed by atoms with van der Waals surface area (Å²) in [7, 11) is -4.77. The molecule has 0 rings (SSSR count). The van der Waals surface area contributed by atoms with Crippen molar-refractivity contribution in [2.24, 2.45) is 0 Å². The van der Waals surface area contributed by atoms with Gasteiger partial charge in [0.1, 0.15) is 13.2 Å². The average Bonchev–Trinajstić information content (AvgIpc) is 2.74. The van der Waals surface area contributed by atoms with E-state index in [1.165, 1.54) is 0 Å². The molecule has 0 aromatic rings. The second-order valence-corrected chi connectivity index (χ2v) is 8.42. The van der Waals surface area contributed by atoms with Crippen LogP contribution in [0.4, 0.5) is 4.79 Å². The third-order valence-corrected chi connectivity index (χ3v) is 4.33. The normalized spacial score (nSPS) is 13.4. The number of alkyl carbamates (subject to hydrolysis) is 1. The molecule has 0 saturated carbocycles. The topological polar surface area (TPSA) is 197 Å². The lowest BCUT2D eigenvalue weighted by Crippen LogP contribution is -2.32. The second kappa shape index (κ2) is 19.0. The number of amides is 2. The third-order valence-electron chi connectivity index (χ3n) is 3.36. The molecule has 0 aromatic heterocycles. The molecule has 0 aliphatic heterocycles. The molecule has 16 heteroatoms. The maximum atomic E-state index is 11.8. The van der Waals surface area contributed by atoms with Crippen molar-refractivity contribution < 1.29 is 61.4 Å². The van der Waals surface area contributed by atoms with Crippen molar-refractivity contribution in [1.82, 2.24) is 10.6 Å². The molecular weight excluding hydrogens is 495 g/mol. The van der Waals surface area contributed by atoms with Crippen LogP contribution >= 0.6 is 7.82 Å². The highest BCUT2D eigenvalue weighted by atomic mass is 31.2. The van der Waals surface area contributed by atoms with Crippen molar-refractivity contribution >= 4 is 31.8 Å². The van der Waals surface area contributed by atoms with Crippen LogP contribution in [0.3, 0.4) is 0 Å². The van der Waals surface area contributed by atoms with Crippen LogP contribution in [0.2, 0.25) is 0 Å². The lowest BCUT2D eigenvalue weighted by Gasteiger charge is -2.25. The molecule has 0 radical (unpaired) electrons. The first-order valence-electron chi connectivity index (χ1n) is 10.7. The summed E-state index contributed by atoms with van der Waals surface area (Å²) in [5, 5.41) is 4.89. The van der Waals surface area contributed by atoms with E-state index in [0.29, 0.717) is 0 Å². The second-order valence-electron chi connectivity index (χ2n) is 7.01. The first-order valence-corrected chi connectivity index (χ1v) is 12.1. The average molecular weight is 529 g/mol. The zero-order chi connectivity index (χ0) is 26.7. The summed E-state index contributed by atoms with van der Waals surface area (Å²) in [6.45, 7) is 4.66. The zero-order valence-electron chi connectivity index (χ0n) is 20.3. The van der Waals surface area contributed by atoms with Crippen LogP contribution in [-0.2, 0) is 51.7 Å². The van der Waals surface area contributed by atoms with E-state index >= 15 is 0 Å². The fraction of sp³-hybridized carbons (Fsp3) is 0.789. The number of phosphoric acid groups is 1. The van der Waals surface area contributed by atoms with Gasteiger partial charge in [0, 0.05) is 26.9 Å². The number of nitrogens with one attached hydrogen (secondary N) is 2. The highest BCUT2D eigenvalue weighted by Crippen LogP contribution is 2.38. The molecule has 2 amide bonds. The highest BCUT2D eigenvalue weighted by molar-refractivity contribution is 7.45. The Hall–Kier alpha value is -2.29. The maximum Gasteiger partial charge on any atom is 0.407 e. The molecule has 2 N–H and O–H groups in total. The van der Waals surface area contributed by atoms with E-state index in [1.54, 1.807) is 13.8 Å². The molecule has 15 nitrogen and oxygen atoms in total. The molecule has 35 heavy (non-hydrogen) atoms. The van der Waals surface area contributed by atoms with Gasteiger partial charge < -0.3 is 48.3 Å². The van der Waals surface area contributed by atoms with Gasteiger partial charge in [0.15, 0.2) is 6.10 Å². The number of hydrogen-bond donors (Lipinski definition) is 2. The molecule has 2 atom stereocenters. The summed E-state index contributed by atoms with van der Waals surface area (Å²) < 4.78 is 45.6. The Bertz CT molecular complexity index is 704.